The number of rotatable bonds is 3. The predicted octanol–water partition coefficient (Wildman–Crippen LogP) is 1.52. The molecule has 5 nitrogen and oxygen atoms in total. The van der Waals surface area contributed by atoms with Crippen molar-refractivity contribution < 1.29 is 8.95 Å². The lowest BCUT2D eigenvalue weighted by Crippen LogP contribution is -2.60. The van der Waals surface area contributed by atoms with E-state index in [2.05, 4.69) is 30.6 Å². The molecule has 1 unspecified atom stereocenters. The van der Waals surface area contributed by atoms with Crippen LogP contribution in [0.25, 0.3) is 0 Å². The molecular weight excluding hydrogens is 318 g/mol. The SMILES string of the molecule is CC(C)(C)S(=O)NC1(c2cnc(Br)cn2)COC1. The zero-order chi connectivity index (χ0) is 13.4. The van der Waals surface area contributed by atoms with E-state index in [1.54, 1.807) is 12.4 Å². The Bertz CT molecular complexity index is 454. The average Bonchev–Trinajstić information content (AvgIpc) is 2.23. The Morgan fingerprint density at radius 1 is 1.39 bits per heavy atom. The summed E-state index contributed by atoms with van der Waals surface area (Å²) in [4.78, 5) is 8.48. The highest BCUT2D eigenvalue weighted by Gasteiger charge is 2.44. The Balaban J connectivity index is 2.21. The molecule has 1 saturated heterocycles. The minimum Gasteiger partial charge on any atom is -0.377 e. The van der Waals surface area contributed by atoms with Crippen molar-refractivity contribution in [3.8, 4) is 0 Å². The van der Waals surface area contributed by atoms with Gasteiger partial charge in [0.05, 0.1) is 47.0 Å². The fourth-order valence-electron chi connectivity index (χ4n) is 1.46. The second-order valence-electron chi connectivity index (χ2n) is 5.28. The van der Waals surface area contributed by atoms with Crippen molar-refractivity contribution in [3.05, 3.63) is 22.7 Å². The minimum atomic E-state index is -1.17. The Kier molecular flexibility index (Phi) is 3.87. The number of nitrogens with zero attached hydrogens (tertiary/aromatic N) is 2. The smallest absolute Gasteiger partial charge is 0.124 e. The van der Waals surface area contributed by atoms with Crippen molar-refractivity contribution in [3.63, 3.8) is 0 Å². The number of nitrogens with one attached hydrogen (secondary N) is 1. The summed E-state index contributed by atoms with van der Waals surface area (Å²) in [7, 11) is -1.17. The summed E-state index contributed by atoms with van der Waals surface area (Å²) >= 11 is 3.25. The lowest BCUT2D eigenvalue weighted by atomic mass is 9.95. The average molecular weight is 334 g/mol. The number of halogens is 1. The van der Waals surface area contributed by atoms with E-state index in [0.717, 1.165) is 5.69 Å². The van der Waals surface area contributed by atoms with E-state index >= 15 is 0 Å². The van der Waals surface area contributed by atoms with Crippen LogP contribution in [0.5, 0.6) is 0 Å². The zero-order valence-electron chi connectivity index (χ0n) is 10.6. The molecule has 0 bridgehead atoms. The molecule has 1 aromatic rings. The van der Waals surface area contributed by atoms with Crippen molar-refractivity contribution in [2.45, 2.75) is 31.1 Å². The lowest BCUT2D eigenvalue weighted by Gasteiger charge is -2.42. The number of aromatic nitrogens is 2. The van der Waals surface area contributed by atoms with E-state index in [1.807, 2.05) is 20.8 Å². The van der Waals surface area contributed by atoms with E-state index in [9.17, 15) is 4.21 Å². The second kappa shape index (κ2) is 4.96. The molecule has 1 aliphatic rings. The van der Waals surface area contributed by atoms with Crippen LogP contribution in [-0.4, -0.2) is 32.1 Å². The zero-order valence-corrected chi connectivity index (χ0v) is 13.0. The summed E-state index contributed by atoms with van der Waals surface area (Å²) in [5.41, 5.74) is 0.279. The van der Waals surface area contributed by atoms with Crippen molar-refractivity contribution in [2.75, 3.05) is 13.2 Å². The summed E-state index contributed by atoms with van der Waals surface area (Å²) in [6, 6.07) is 0. The van der Waals surface area contributed by atoms with Crippen LogP contribution in [-0.2, 0) is 21.3 Å². The van der Waals surface area contributed by atoms with Crippen LogP contribution >= 0.6 is 15.9 Å². The second-order valence-corrected chi connectivity index (χ2v) is 8.06. The lowest BCUT2D eigenvalue weighted by molar-refractivity contribution is -0.0683. The van der Waals surface area contributed by atoms with Gasteiger partial charge in [-0.1, -0.05) is 0 Å². The summed E-state index contributed by atoms with van der Waals surface area (Å²) in [6.45, 7) is 6.71. The van der Waals surface area contributed by atoms with Crippen molar-refractivity contribution in [1.29, 1.82) is 0 Å². The molecule has 0 spiro atoms. The van der Waals surface area contributed by atoms with Crippen molar-refractivity contribution in [1.82, 2.24) is 14.7 Å². The molecule has 0 radical (unpaired) electrons. The van der Waals surface area contributed by atoms with Crippen LogP contribution in [0.2, 0.25) is 0 Å². The van der Waals surface area contributed by atoms with E-state index in [-0.39, 0.29) is 4.75 Å². The van der Waals surface area contributed by atoms with Gasteiger partial charge in [-0.15, -0.1) is 0 Å². The first kappa shape index (κ1) is 14.0. The van der Waals surface area contributed by atoms with E-state index in [4.69, 9.17) is 4.74 Å². The molecule has 1 aromatic heterocycles. The Hall–Kier alpha value is -0.370. The first-order valence-corrected chi connectivity index (χ1v) is 7.53. The predicted molar refractivity (Wildman–Crippen MR) is 73.3 cm³/mol. The monoisotopic (exact) mass is 333 g/mol. The third-order valence-corrected chi connectivity index (χ3v) is 4.75. The minimum absolute atomic E-state index is 0.328. The molecule has 7 heteroatoms. The number of ether oxygens (including phenoxy) is 1. The molecule has 0 amide bonds. The third kappa shape index (κ3) is 2.79. The maximum Gasteiger partial charge on any atom is 0.124 e. The maximum absolute atomic E-state index is 12.2. The molecule has 1 atom stereocenters. The van der Waals surface area contributed by atoms with E-state index in [0.29, 0.717) is 17.8 Å². The largest absolute Gasteiger partial charge is 0.377 e. The molecule has 1 N–H and O–H groups in total. The van der Waals surface area contributed by atoms with Gasteiger partial charge in [0.15, 0.2) is 0 Å². The molecule has 0 saturated carbocycles. The molecular formula is C11H16BrN3O2S. The van der Waals surface area contributed by atoms with Crippen LogP contribution in [0.1, 0.15) is 26.5 Å². The highest BCUT2D eigenvalue weighted by atomic mass is 79.9. The summed E-state index contributed by atoms with van der Waals surface area (Å²) < 4.78 is 20.9. The summed E-state index contributed by atoms with van der Waals surface area (Å²) in [6.07, 6.45) is 3.32. The molecule has 0 aromatic carbocycles. The molecule has 18 heavy (non-hydrogen) atoms. The molecule has 2 heterocycles. The highest BCUT2D eigenvalue weighted by Crippen LogP contribution is 2.29. The van der Waals surface area contributed by atoms with Crippen LogP contribution in [0.4, 0.5) is 0 Å². The number of hydrogen-bond acceptors (Lipinski definition) is 4. The van der Waals surface area contributed by atoms with Crippen LogP contribution in [0.15, 0.2) is 17.0 Å². The van der Waals surface area contributed by atoms with Gasteiger partial charge in [0.1, 0.15) is 10.1 Å². The first-order chi connectivity index (χ1) is 8.33. The molecule has 100 valence electrons. The first-order valence-electron chi connectivity index (χ1n) is 5.59. The van der Waals surface area contributed by atoms with E-state index in [1.165, 1.54) is 0 Å². The molecule has 1 aliphatic heterocycles. The Labute approximate surface area is 117 Å². The quantitative estimate of drug-likeness (QED) is 0.910. The fraction of sp³-hybridized carbons (Fsp3) is 0.636. The third-order valence-electron chi connectivity index (χ3n) is 2.65. The standard InChI is InChI=1S/C11H16BrN3O2S/c1-10(2,3)18(16)15-11(6-17-7-11)8-4-14-9(12)5-13-8/h4-5,15H,6-7H2,1-3H3. The molecule has 2 rings (SSSR count). The summed E-state index contributed by atoms with van der Waals surface area (Å²) in [5, 5.41) is 0. The van der Waals surface area contributed by atoms with Gasteiger partial charge in [-0.2, -0.15) is 0 Å². The van der Waals surface area contributed by atoms with Crippen molar-refractivity contribution in [2.24, 2.45) is 0 Å². The van der Waals surface area contributed by atoms with Gasteiger partial charge in [0.2, 0.25) is 0 Å². The van der Waals surface area contributed by atoms with Gasteiger partial charge in [-0.25, -0.2) is 13.9 Å². The summed E-state index contributed by atoms with van der Waals surface area (Å²) in [5.74, 6) is 0. The molecule has 1 fully saturated rings. The normalized spacial score (nSPS) is 20.2. The maximum atomic E-state index is 12.2. The van der Waals surface area contributed by atoms with Gasteiger partial charge in [-0.3, -0.25) is 4.98 Å². The van der Waals surface area contributed by atoms with Gasteiger partial charge in [0.25, 0.3) is 0 Å². The Morgan fingerprint density at radius 3 is 2.44 bits per heavy atom. The van der Waals surface area contributed by atoms with Crippen LogP contribution in [0, 0.1) is 0 Å². The number of hydrogen-bond donors (Lipinski definition) is 1. The van der Waals surface area contributed by atoms with Gasteiger partial charge in [0, 0.05) is 0 Å². The van der Waals surface area contributed by atoms with Gasteiger partial charge in [-0.05, 0) is 36.7 Å². The Morgan fingerprint density at radius 2 is 2.06 bits per heavy atom. The van der Waals surface area contributed by atoms with Crippen molar-refractivity contribution >= 4 is 26.9 Å². The van der Waals surface area contributed by atoms with Crippen LogP contribution < -0.4 is 4.72 Å². The van der Waals surface area contributed by atoms with Crippen LogP contribution in [0.3, 0.4) is 0 Å². The highest BCUT2D eigenvalue weighted by molar-refractivity contribution is 9.10. The van der Waals surface area contributed by atoms with Gasteiger partial charge < -0.3 is 4.74 Å². The topological polar surface area (TPSA) is 64.1 Å². The van der Waals surface area contributed by atoms with E-state index < -0.39 is 16.5 Å². The fourth-order valence-corrected chi connectivity index (χ4v) is 2.54. The van der Waals surface area contributed by atoms with Gasteiger partial charge >= 0.3 is 0 Å². The molecule has 0 aliphatic carbocycles.